The van der Waals surface area contributed by atoms with Gasteiger partial charge in [0.2, 0.25) is 11.8 Å². The number of carbonyl (C=O) groups excluding carboxylic acids is 4. The summed E-state index contributed by atoms with van der Waals surface area (Å²) in [6, 6.07) is -1.04. The van der Waals surface area contributed by atoms with Crippen LogP contribution in [0.1, 0.15) is 48.3 Å². The van der Waals surface area contributed by atoms with Gasteiger partial charge in [-0.3, -0.25) is 9.59 Å². The fourth-order valence-electron chi connectivity index (χ4n) is 3.32. The van der Waals surface area contributed by atoms with E-state index in [9.17, 15) is 34.5 Å². The van der Waals surface area contributed by atoms with Gasteiger partial charge in [-0.15, -0.1) is 0 Å². The van der Waals surface area contributed by atoms with E-state index in [1.54, 1.807) is 0 Å². The minimum Gasteiger partial charge on any atom is -0.394 e. The molecule has 0 aromatic carbocycles. The fraction of sp³-hybridized carbons (Fsp3) is 0.739. The second kappa shape index (κ2) is 16.3. The topological polar surface area (TPSA) is 190 Å². The number of amides is 2. The van der Waals surface area contributed by atoms with Crippen molar-refractivity contribution >= 4 is 23.8 Å². The minimum atomic E-state index is -1.40. The van der Waals surface area contributed by atoms with Crippen LogP contribution in [0.15, 0.2) is 11.1 Å². The first-order chi connectivity index (χ1) is 17.6. The third-order valence-corrected chi connectivity index (χ3v) is 5.12. The molecule has 1 fully saturated rings. The number of hydrogen-bond acceptors (Lipinski definition) is 11. The summed E-state index contributed by atoms with van der Waals surface area (Å²) in [7, 11) is 0. The highest BCUT2D eigenvalue weighted by atomic mass is 16.7. The summed E-state index contributed by atoms with van der Waals surface area (Å²) in [4.78, 5) is 46.0. The van der Waals surface area contributed by atoms with E-state index in [0.717, 1.165) is 6.42 Å². The Hall–Kier alpha value is -2.42. The predicted octanol–water partition coefficient (Wildman–Crippen LogP) is -1.32. The maximum absolute atomic E-state index is 11.9. The second-order valence-electron chi connectivity index (χ2n) is 8.05. The molecular weight excluding hydrogens is 480 g/mol. The molecule has 2 rings (SSSR count). The van der Waals surface area contributed by atoms with Crippen molar-refractivity contribution in [2.75, 3.05) is 33.0 Å². The predicted molar refractivity (Wildman–Crippen MR) is 124 cm³/mol. The molecule has 13 heteroatoms. The van der Waals surface area contributed by atoms with Gasteiger partial charge in [0, 0.05) is 32.4 Å². The molecule has 5 atom stereocenters. The van der Waals surface area contributed by atoms with Gasteiger partial charge in [0.15, 0.2) is 6.29 Å². The largest absolute Gasteiger partial charge is 0.394 e. The number of aliphatic hydroxyl groups excluding tert-OH is 3. The smallest absolute Gasteiger partial charge is 0.342 e. The lowest BCUT2D eigenvalue weighted by Crippen LogP contribution is -2.64. The molecule has 0 spiro atoms. The molecule has 13 nitrogen and oxygen atoms in total. The molecule has 2 heterocycles. The van der Waals surface area contributed by atoms with E-state index in [2.05, 4.69) is 15.4 Å². The highest BCUT2D eigenvalue weighted by Gasteiger charge is 2.45. The summed E-state index contributed by atoms with van der Waals surface area (Å²) in [6.07, 6.45) is -3.88. The van der Waals surface area contributed by atoms with Gasteiger partial charge >= 0.3 is 11.9 Å². The van der Waals surface area contributed by atoms with Crippen LogP contribution in [0.3, 0.4) is 0 Å². The highest BCUT2D eigenvalue weighted by Crippen LogP contribution is 2.22. The van der Waals surface area contributed by atoms with Gasteiger partial charge < -0.3 is 44.9 Å². The molecule has 0 saturated carbocycles. The van der Waals surface area contributed by atoms with Crippen LogP contribution in [0.25, 0.3) is 0 Å². The lowest BCUT2D eigenvalue weighted by molar-refractivity contribution is -0.272. The number of esters is 2. The average molecular weight is 520 g/mol. The van der Waals surface area contributed by atoms with Gasteiger partial charge in [0.25, 0.3) is 0 Å². The molecule has 2 aliphatic rings. The monoisotopic (exact) mass is 519 g/mol. The zero-order valence-electron chi connectivity index (χ0n) is 21.9. The molecule has 0 bridgehead atoms. The molecule has 0 aromatic heterocycles. The molecule has 36 heavy (non-hydrogen) atoms. The van der Waals surface area contributed by atoms with E-state index in [1.165, 1.54) is 13.8 Å². The van der Waals surface area contributed by atoms with Crippen molar-refractivity contribution in [1.29, 1.82) is 0 Å². The number of cyclic esters (lactones) is 2. The fourth-order valence-corrected chi connectivity index (χ4v) is 3.32. The Kier molecular flexibility index (Phi) is 13.5. The Bertz CT molecular complexity index is 806. The van der Waals surface area contributed by atoms with E-state index in [1.807, 2.05) is 6.92 Å². The Morgan fingerprint density at radius 2 is 1.83 bits per heavy atom. The summed E-state index contributed by atoms with van der Waals surface area (Å²) in [5, 5.41) is 34.5. The maximum atomic E-state index is 11.9. The van der Waals surface area contributed by atoms with Gasteiger partial charge in [0.1, 0.15) is 24.4 Å². The van der Waals surface area contributed by atoms with Crippen molar-refractivity contribution in [3.05, 3.63) is 11.1 Å². The Morgan fingerprint density at radius 3 is 2.39 bits per heavy atom. The van der Waals surface area contributed by atoms with E-state index in [0.29, 0.717) is 6.90 Å². The van der Waals surface area contributed by atoms with Crippen LogP contribution in [0.2, 0.25) is 0 Å². The van der Waals surface area contributed by atoms with Crippen LogP contribution >= 0.6 is 0 Å². The van der Waals surface area contributed by atoms with Gasteiger partial charge in [-0.1, -0.05) is 20.2 Å². The lowest BCUT2D eigenvalue weighted by Gasteiger charge is -2.42. The van der Waals surface area contributed by atoms with Crippen molar-refractivity contribution in [3.63, 3.8) is 0 Å². The normalized spacial score (nSPS) is 26.1. The van der Waals surface area contributed by atoms with Gasteiger partial charge in [-0.25, -0.2) is 9.59 Å². The third-order valence-electron chi connectivity index (χ3n) is 5.12. The Labute approximate surface area is 211 Å². The minimum absolute atomic E-state index is 0.0131. The molecule has 1 saturated heterocycles. The number of carbonyl (C=O) groups is 4. The molecular formula is C23H38N2O11. The molecule has 0 unspecified atom stereocenters. The first-order valence-electron chi connectivity index (χ1n) is 12.4. The number of rotatable bonds is 12. The molecule has 0 radical (unpaired) electrons. The van der Waals surface area contributed by atoms with Crippen molar-refractivity contribution in [2.45, 2.75) is 77.6 Å². The van der Waals surface area contributed by atoms with Crippen molar-refractivity contribution < 1.29 is 54.8 Å². The summed E-state index contributed by atoms with van der Waals surface area (Å²) < 4.78 is 27.2. The number of hydrogen-bond donors (Lipinski definition) is 5. The number of ether oxygens (including phenoxy) is 4. The number of aliphatic hydroxyl groups is 3. The molecule has 0 aromatic rings. The highest BCUT2D eigenvalue weighted by molar-refractivity contribution is 6.12. The van der Waals surface area contributed by atoms with Crippen LogP contribution in [0.5, 0.6) is 0 Å². The van der Waals surface area contributed by atoms with Crippen LogP contribution in [-0.2, 0) is 38.1 Å². The molecule has 2 amide bonds. The average Bonchev–Trinajstić information content (AvgIpc) is 3.11. The Balaban J connectivity index is 0.00000159. The van der Waals surface area contributed by atoms with Crippen molar-refractivity contribution in [2.24, 2.45) is 0 Å². The summed E-state index contributed by atoms with van der Waals surface area (Å²) in [5.41, 5.74) is 0.415. The van der Waals surface area contributed by atoms with E-state index < -0.39 is 55.1 Å². The molecule has 0 aliphatic carbocycles. The van der Waals surface area contributed by atoms with E-state index in [4.69, 9.17) is 15.6 Å². The Morgan fingerprint density at radius 1 is 1.14 bits per heavy atom. The SMILES string of the molecule is CC(=O)N[C@H]1[C@H](OCCOCCNC(=O)CCC2=C(C)C(=O)OC2=O)O[C@H](CO)[C@H](O)[C@@H]1O.[2H]CCC. The zero-order valence-corrected chi connectivity index (χ0v) is 20.9. The number of nitrogens with one attached hydrogen (secondary N) is 2. The molecule has 2 aliphatic heterocycles. The summed E-state index contributed by atoms with van der Waals surface area (Å²) >= 11 is 0. The van der Waals surface area contributed by atoms with Crippen LogP contribution in [0.4, 0.5) is 0 Å². The first kappa shape index (κ1) is 29.8. The van der Waals surface area contributed by atoms with Crippen LogP contribution in [0, 0.1) is 0 Å². The second-order valence-corrected chi connectivity index (χ2v) is 8.05. The van der Waals surface area contributed by atoms with Gasteiger partial charge in [0.05, 0.1) is 26.4 Å². The first-order valence-corrected chi connectivity index (χ1v) is 11.7. The standard InChI is InChI=1S/C20H30N2O11.C3H8/c1-10-12(19(29)33-18(10)28)3-4-14(25)21-5-6-30-7-8-31-20-15(22-11(2)24)17(27)16(26)13(9-23)32-20;1-3-2/h13,15-17,20,23,26-27H,3-9H2,1-2H3,(H,21,25)(H,22,24);3H2,1-2H3/t13-,15-,16+,17-,20-;/m1./s1/i;1D. The third kappa shape index (κ3) is 9.91. The van der Waals surface area contributed by atoms with Crippen molar-refractivity contribution in [3.8, 4) is 0 Å². The quantitative estimate of drug-likeness (QED) is 0.117. The van der Waals surface area contributed by atoms with E-state index >= 15 is 0 Å². The molecule has 5 N–H and O–H groups in total. The summed E-state index contributed by atoms with van der Waals surface area (Å²) in [6.45, 7) is 5.21. The lowest BCUT2D eigenvalue weighted by atomic mass is 9.97. The summed E-state index contributed by atoms with van der Waals surface area (Å²) in [5.74, 6) is -2.19. The van der Waals surface area contributed by atoms with Crippen LogP contribution in [-0.4, -0.2) is 103 Å². The van der Waals surface area contributed by atoms with Gasteiger partial charge in [-0.2, -0.15) is 0 Å². The zero-order chi connectivity index (χ0) is 28.0. The van der Waals surface area contributed by atoms with Crippen LogP contribution < -0.4 is 10.6 Å². The van der Waals surface area contributed by atoms with Gasteiger partial charge in [-0.05, 0) is 13.3 Å². The molecule has 206 valence electrons. The van der Waals surface area contributed by atoms with Crippen molar-refractivity contribution in [1.82, 2.24) is 10.6 Å². The van der Waals surface area contributed by atoms with E-state index in [-0.39, 0.29) is 56.3 Å². The maximum Gasteiger partial charge on any atom is 0.342 e.